The first kappa shape index (κ1) is 14.3. The van der Waals surface area contributed by atoms with Crippen LogP contribution in [0.4, 0.5) is 0 Å². The second kappa shape index (κ2) is 6.36. The minimum atomic E-state index is 0.448. The van der Waals surface area contributed by atoms with Crippen molar-refractivity contribution in [2.24, 2.45) is 0 Å². The quantitative estimate of drug-likeness (QED) is 0.698. The molecule has 0 bridgehead atoms. The first-order valence-corrected chi connectivity index (χ1v) is 7.94. The summed E-state index contributed by atoms with van der Waals surface area (Å²) < 4.78 is 5.86. The van der Waals surface area contributed by atoms with Gasteiger partial charge >= 0.3 is 0 Å². The predicted octanol–water partition coefficient (Wildman–Crippen LogP) is -0.476. The zero-order valence-corrected chi connectivity index (χ0v) is 12.7. The molecule has 0 aromatic rings. The van der Waals surface area contributed by atoms with Gasteiger partial charge in [0, 0.05) is 12.8 Å². The Hall–Kier alpha value is -0.120. The maximum Gasteiger partial charge on any atom is 0.104 e. The minimum absolute atomic E-state index is 0.448. The number of hydrogen-bond acceptors (Lipinski definition) is 1. The van der Waals surface area contributed by atoms with Crippen molar-refractivity contribution in [2.45, 2.75) is 71.2 Å². The maximum absolute atomic E-state index is 5.86. The van der Waals surface area contributed by atoms with E-state index in [-0.39, 0.29) is 0 Å². The van der Waals surface area contributed by atoms with Crippen LogP contribution in [0, 0.1) is 0 Å². The molecule has 0 saturated carbocycles. The van der Waals surface area contributed by atoms with Crippen LogP contribution < -0.4 is 9.80 Å². The van der Waals surface area contributed by atoms with Crippen LogP contribution in [0.5, 0.6) is 0 Å². The van der Waals surface area contributed by atoms with E-state index in [1.54, 1.807) is 0 Å². The Kier molecular flexibility index (Phi) is 5.05. The van der Waals surface area contributed by atoms with E-state index in [4.69, 9.17) is 4.74 Å². The van der Waals surface area contributed by atoms with E-state index >= 15 is 0 Å². The van der Waals surface area contributed by atoms with E-state index < -0.39 is 0 Å². The van der Waals surface area contributed by atoms with Crippen molar-refractivity contribution < 1.29 is 14.5 Å². The zero-order valence-electron chi connectivity index (χ0n) is 12.7. The van der Waals surface area contributed by atoms with Crippen LogP contribution in [0.3, 0.4) is 0 Å². The molecule has 0 aromatic heterocycles. The van der Waals surface area contributed by atoms with Gasteiger partial charge in [0.25, 0.3) is 0 Å². The molecular formula is C15H32N2O+2. The number of rotatable bonds is 3. The van der Waals surface area contributed by atoms with Crippen LogP contribution in [0.2, 0.25) is 0 Å². The van der Waals surface area contributed by atoms with Crippen LogP contribution in [-0.2, 0) is 4.74 Å². The molecule has 0 spiro atoms. The molecule has 106 valence electrons. The Labute approximate surface area is 112 Å². The molecule has 0 aromatic carbocycles. The molecule has 2 aliphatic rings. The SMILES string of the molecule is CC[C@@H](C)[NH+]1CCC([NH+]2C[C@@H](C)O[C@H](C)C2)CC1. The standard InChI is InChI=1S/C15H30N2O/c1-5-12(2)16-8-6-15(7-9-16)17-10-13(3)18-14(4)11-17/h12-15H,5-11H2,1-4H3/p+2/t12-,13-,14-/m1/s1. The summed E-state index contributed by atoms with van der Waals surface area (Å²) in [6, 6.07) is 1.75. The number of likely N-dealkylation sites (tertiary alicyclic amines) is 1. The van der Waals surface area contributed by atoms with Crippen LogP contribution in [-0.4, -0.2) is 50.5 Å². The Balaban J connectivity index is 1.82. The summed E-state index contributed by atoms with van der Waals surface area (Å²) in [5.74, 6) is 0. The fourth-order valence-electron chi connectivity index (χ4n) is 3.83. The third kappa shape index (κ3) is 3.46. The van der Waals surface area contributed by atoms with Gasteiger partial charge < -0.3 is 14.5 Å². The number of morpholine rings is 1. The Bertz CT molecular complexity index is 241. The Morgan fingerprint density at radius 2 is 1.67 bits per heavy atom. The van der Waals surface area contributed by atoms with Crippen LogP contribution in [0.25, 0.3) is 0 Å². The molecule has 0 amide bonds. The third-order valence-corrected chi connectivity index (χ3v) is 5.08. The minimum Gasteiger partial charge on any atom is -0.364 e. The van der Waals surface area contributed by atoms with Crippen LogP contribution in [0.1, 0.15) is 47.0 Å². The van der Waals surface area contributed by atoms with Gasteiger partial charge in [-0.1, -0.05) is 6.92 Å². The fourth-order valence-corrected chi connectivity index (χ4v) is 3.83. The monoisotopic (exact) mass is 256 g/mol. The van der Waals surface area contributed by atoms with Crippen molar-refractivity contribution >= 4 is 0 Å². The van der Waals surface area contributed by atoms with Gasteiger partial charge in [-0.2, -0.15) is 0 Å². The fraction of sp³-hybridized carbons (Fsp3) is 1.00. The topological polar surface area (TPSA) is 18.1 Å². The molecule has 2 saturated heterocycles. The van der Waals surface area contributed by atoms with Gasteiger partial charge in [0.05, 0.1) is 25.2 Å². The summed E-state index contributed by atoms with van der Waals surface area (Å²) in [6.45, 7) is 14.4. The molecule has 2 heterocycles. The lowest BCUT2D eigenvalue weighted by atomic mass is 9.99. The summed E-state index contributed by atoms with van der Waals surface area (Å²) in [5, 5.41) is 0. The van der Waals surface area contributed by atoms with Crippen molar-refractivity contribution in [3.8, 4) is 0 Å². The van der Waals surface area contributed by atoms with E-state index in [1.807, 2.05) is 9.80 Å². The van der Waals surface area contributed by atoms with Crippen molar-refractivity contribution in [3.63, 3.8) is 0 Å². The molecule has 0 aliphatic carbocycles. The highest BCUT2D eigenvalue weighted by Crippen LogP contribution is 2.03. The second-order valence-electron chi connectivity index (χ2n) is 6.57. The van der Waals surface area contributed by atoms with Gasteiger partial charge in [-0.05, 0) is 27.2 Å². The Morgan fingerprint density at radius 3 is 2.17 bits per heavy atom. The van der Waals surface area contributed by atoms with E-state index in [0.717, 1.165) is 12.1 Å². The first-order chi connectivity index (χ1) is 8.60. The lowest BCUT2D eigenvalue weighted by Gasteiger charge is -2.40. The number of hydrogen-bond donors (Lipinski definition) is 2. The van der Waals surface area contributed by atoms with Crippen LogP contribution >= 0.6 is 0 Å². The summed E-state index contributed by atoms with van der Waals surface area (Å²) in [5.41, 5.74) is 0. The molecule has 2 fully saturated rings. The summed E-state index contributed by atoms with van der Waals surface area (Å²) >= 11 is 0. The highest BCUT2D eigenvalue weighted by atomic mass is 16.5. The molecule has 3 nitrogen and oxygen atoms in total. The molecule has 18 heavy (non-hydrogen) atoms. The van der Waals surface area contributed by atoms with Crippen molar-refractivity contribution in [2.75, 3.05) is 26.2 Å². The van der Waals surface area contributed by atoms with Crippen molar-refractivity contribution in [1.29, 1.82) is 0 Å². The largest absolute Gasteiger partial charge is 0.364 e. The van der Waals surface area contributed by atoms with Gasteiger partial charge in [-0.3, -0.25) is 0 Å². The molecule has 3 heteroatoms. The number of quaternary nitrogens is 2. The highest BCUT2D eigenvalue weighted by Gasteiger charge is 2.35. The van der Waals surface area contributed by atoms with E-state index in [2.05, 4.69) is 27.7 Å². The normalized spacial score (nSPS) is 43.7. The molecule has 0 radical (unpaired) electrons. The van der Waals surface area contributed by atoms with Gasteiger partial charge in [0.1, 0.15) is 25.3 Å². The van der Waals surface area contributed by atoms with E-state index in [1.165, 1.54) is 45.4 Å². The zero-order chi connectivity index (χ0) is 13.1. The number of piperidine rings is 1. The lowest BCUT2D eigenvalue weighted by Crippen LogP contribution is -3.23. The van der Waals surface area contributed by atoms with E-state index in [0.29, 0.717) is 12.2 Å². The lowest BCUT2D eigenvalue weighted by molar-refractivity contribution is -0.974. The molecule has 2 rings (SSSR count). The molecule has 3 atom stereocenters. The predicted molar refractivity (Wildman–Crippen MR) is 74.2 cm³/mol. The van der Waals surface area contributed by atoms with Gasteiger partial charge in [-0.15, -0.1) is 0 Å². The third-order valence-electron chi connectivity index (χ3n) is 5.08. The molecular weight excluding hydrogens is 224 g/mol. The van der Waals surface area contributed by atoms with Gasteiger partial charge in [-0.25, -0.2) is 0 Å². The second-order valence-corrected chi connectivity index (χ2v) is 6.57. The van der Waals surface area contributed by atoms with Crippen molar-refractivity contribution in [3.05, 3.63) is 0 Å². The maximum atomic E-state index is 5.86. The smallest absolute Gasteiger partial charge is 0.104 e. The molecule has 0 unspecified atom stereocenters. The summed E-state index contributed by atoms with van der Waals surface area (Å²) in [4.78, 5) is 3.65. The van der Waals surface area contributed by atoms with Gasteiger partial charge in [0.2, 0.25) is 0 Å². The van der Waals surface area contributed by atoms with Gasteiger partial charge in [0.15, 0.2) is 0 Å². The average Bonchev–Trinajstić information content (AvgIpc) is 2.37. The summed E-state index contributed by atoms with van der Waals surface area (Å²) in [7, 11) is 0. The number of ether oxygens (including phenoxy) is 1. The summed E-state index contributed by atoms with van der Waals surface area (Å²) in [6.07, 6.45) is 5.04. The first-order valence-electron chi connectivity index (χ1n) is 7.94. The van der Waals surface area contributed by atoms with Crippen molar-refractivity contribution in [1.82, 2.24) is 0 Å². The number of nitrogens with one attached hydrogen (secondary N) is 2. The average molecular weight is 256 g/mol. The molecule has 2 aliphatic heterocycles. The van der Waals surface area contributed by atoms with E-state index in [9.17, 15) is 0 Å². The Morgan fingerprint density at radius 1 is 1.11 bits per heavy atom. The van der Waals surface area contributed by atoms with Crippen LogP contribution in [0.15, 0.2) is 0 Å². The molecule has 2 N–H and O–H groups in total. The highest BCUT2D eigenvalue weighted by molar-refractivity contribution is 4.66.